The molecule has 0 amide bonds. The van der Waals surface area contributed by atoms with E-state index in [4.69, 9.17) is 0 Å². The lowest BCUT2D eigenvalue weighted by Crippen LogP contribution is -2.24. The van der Waals surface area contributed by atoms with E-state index in [1.165, 1.54) is 57.9 Å². The zero-order valence-electron chi connectivity index (χ0n) is 10.0. The average molecular weight is 197 g/mol. The Bertz CT molecular complexity index is 133. The highest BCUT2D eigenvalue weighted by Crippen LogP contribution is 2.22. The van der Waals surface area contributed by atoms with Crippen LogP contribution in [0.4, 0.5) is 0 Å². The number of hydrogen-bond acceptors (Lipinski definition) is 1. The van der Waals surface area contributed by atoms with Gasteiger partial charge in [-0.25, -0.2) is 0 Å². The van der Waals surface area contributed by atoms with E-state index in [9.17, 15) is 0 Å². The van der Waals surface area contributed by atoms with Crippen molar-refractivity contribution in [1.29, 1.82) is 0 Å². The van der Waals surface area contributed by atoms with Crippen molar-refractivity contribution in [3.05, 3.63) is 0 Å². The van der Waals surface area contributed by atoms with Gasteiger partial charge < -0.3 is 5.32 Å². The van der Waals surface area contributed by atoms with Crippen LogP contribution in [-0.4, -0.2) is 12.6 Å². The Kier molecular flexibility index (Phi) is 6.25. The topological polar surface area (TPSA) is 12.0 Å². The molecule has 2 atom stereocenters. The molecule has 0 aromatic heterocycles. The van der Waals surface area contributed by atoms with Gasteiger partial charge in [0.25, 0.3) is 0 Å². The molecule has 0 saturated carbocycles. The maximum absolute atomic E-state index is 3.58. The average Bonchev–Trinajstić information content (AvgIpc) is 2.38. The zero-order valence-corrected chi connectivity index (χ0v) is 10.0. The van der Waals surface area contributed by atoms with E-state index in [0.717, 1.165) is 12.0 Å². The molecule has 1 N–H and O–H groups in total. The van der Waals surface area contributed by atoms with Crippen LogP contribution in [0, 0.1) is 5.92 Å². The van der Waals surface area contributed by atoms with Gasteiger partial charge in [0.1, 0.15) is 0 Å². The normalized spacial score (nSPS) is 28.7. The van der Waals surface area contributed by atoms with Crippen LogP contribution in [0.25, 0.3) is 0 Å². The predicted molar refractivity (Wildman–Crippen MR) is 63.6 cm³/mol. The molecule has 0 aliphatic carbocycles. The fourth-order valence-corrected chi connectivity index (χ4v) is 2.41. The SMILES string of the molecule is CCCCCCC1CCNC(C)CC1. The van der Waals surface area contributed by atoms with E-state index >= 15 is 0 Å². The maximum Gasteiger partial charge on any atom is 0.00388 e. The van der Waals surface area contributed by atoms with Gasteiger partial charge in [-0.2, -0.15) is 0 Å². The van der Waals surface area contributed by atoms with Crippen molar-refractivity contribution in [2.75, 3.05) is 6.54 Å². The summed E-state index contributed by atoms with van der Waals surface area (Å²) in [6.07, 6.45) is 11.5. The van der Waals surface area contributed by atoms with Gasteiger partial charge in [-0.15, -0.1) is 0 Å². The van der Waals surface area contributed by atoms with Crippen molar-refractivity contribution >= 4 is 0 Å². The first-order chi connectivity index (χ1) is 6.83. The highest BCUT2D eigenvalue weighted by atomic mass is 14.9. The van der Waals surface area contributed by atoms with Gasteiger partial charge in [-0.1, -0.05) is 39.0 Å². The highest BCUT2D eigenvalue weighted by molar-refractivity contribution is 4.71. The molecular weight excluding hydrogens is 170 g/mol. The largest absolute Gasteiger partial charge is 0.314 e. The summed E-state index contributed by atoms with van der Waals surface area (Å²) in [6.45, 7) is 5.86. The number of nitrogens with one attached hydrogen (secondary N) is 1. The van der Waals surface area contributed by atoms with Gasteiger partial charge in [-0.3, -0.25) is 0 Å². The summed E-state index contributed by atoms with van der Waals surface area (Å²) in [5.74, 6) is 1.02. The molecule has 1 heterocycles. The van der Waals surface area contributed by atoms with Crippen LogP contribution >= 0.6 is 0 Å². The fraction of sp³-hybridized carbons (Fsp3) is 1.00. The molecule has 1 nitrogen and oxygen atoms in total. The molecule has 0 bridgehead atoms. The molecule has 0 aromatic carbocycles. The van der Waals surface area contributed by atoms with Crippen LogP contribution in [0.3, 0.4) is 0 Å². The van der Waals surface area contributed by atoms with E-state index < -0.39 is 0 Å². The second-order valence-electron chi connectivity index (χ2n) is 4.94. The molecule has 1 heteroatoms. The van der Waals surface area contributed by atoms with Gasteiger partial charge >= 0.3 is 0 Å². The second-order valence-corrected chi connectivity index (χ2v) is 4.94. The van der Waals surface area contributed by atoms with Crippen molar-refractivity contribution in [3.63, 3.8) is 0 Å². The molecule has 1 saturated heterocycles. The molecule has 84 valence electrons. The smallest absolute Gasteiger partial charge is 0.00388 e. The third-order valence-electron chi connectivity index (χ3n) is 3.52. The standard InChI is InChI=1S/C13H27N/c1-3-4-5-6-7-13-9-8-12(2)14-11-10-13/h12-14H,3-11H2,1-2H3. The van der Waals surface area contributed by atoms with E-state index in [-0.39, 0.29) is 0 Å². The number of hydrogen-bond donors (Lipinski definition) is 1. The Morgan fingerprint density at radius 3 is 2.71 bits per heavy atom. The summed E-state index contributed by atoms with van der Waals surface area (Å²) >= 11 is 0. The van der Waals surface area contributed by atoms with Gasteiger partial charge in [0.15, 0.2) is 0 Å². The van der Waals surface area contributed by atoms with E-state index in [0.29, 0.717) is 0 Å². The van der Waals surface area contributed by atoms with E-state index in [1.807, 2.05) is 0 Å². The first kappa shape index (κ1) is 12.0. The summed E-state index contributed by atoms with van der Waals surface area (Å²) in [6, 6.07) is 0.760. The van der Waals surface area contributed by atoms with Gasteiger partial charge in [0.05, 0.1) is 0 Å². The molecule has 0 spiro atoms. The molecule has 14 heavy (non-hydrogen) atoms. The number of unbranched alkanes of at least 4 members (excludes halogenated alkanes) is 3. The summed E-state index contributed by atoms with van der Waals surface area (Å²) in [5.41, 5.74) is 0. The number of rotatable bonds is 5. The first-order valence-corrected chi connectivity index (χ1v) is 6.56. The Hall–Kier alpha value is -0.0400. The lowest BCUT2D eigenvalue weighted by molar-refractivity contribution is 0.412. The summed E-state index contributed by atoms with van der Waals surface area (Å²) in [4.78, 5) is 0. The first-order valence-electron chi connectivity index (χ1n) is 6.56. The van der Waals surface area contributed by atoms with Crippen molar-refractivity contribution in [2.45, 2.75) is 71.3 Å². The fourth-order valence-electron chi connectivity index (χ4n) is 2.41. The summed E-state index contributed by atoms with van der Waals surface area (Å²) < 4.78 is 0. The Morgan fingerprint density at radius 2 is 1.93 bits per heavy atom. The second kappa shape index (κ2) is 7.28. The Balaban J connectivity index is 2.05. The predicted octanol–water partition coefficient (Wildman–Crippen LogP) is 3.74. The summed E-state index contributed by atoms with van der Waals surface area (Å²) in [7, 11) is 0. The van der Waals surface area contributed by atoms with Crippen LogP contribution in [0.2, 0.25) is 0 Å². The van der Waals surface area contributed by atoms with Crippen molar-refractivity contribution < 1.29 is 0 Å². The van der Waals surface area contributed by atoms with Crippen LogP contribution in [0.5, 0.6) is 0 Å². The van der Waals surface area contributed by atoms with Crippen molar-refractivity contribution in [3.8, 4) is 0 Å². The molecular formula is C13H27N. The lowest BCUT2D eigenvalue weighted by atomic mass is 9.93. The van der Waals surface area contributed by atoms with Crippen LogP contribution in [-0.2, 0) is 0 Å². The Labute approximate surface area is 89.7 Å². The molecule has 2 unspecified atom stereocenters. The Morgan fingerprint density at radius 1 is 1.07 bits per heavy atom. The quantitative estimate of drug-likeness (QED) is 0.662. The minimum atomic E-state index is 0.760. The molecule has 0 radical (unpaired) electrons. The molecule has 1 fully saturated rings. The third kappa shape index (κ3) is 4.99. The van der Waals surface area contributed by atoms with Gasteiger partial charge in [0.2, 0.25) is 0 Å². The van der Waals surface area contributed by atoms with Gasteiger partial charge in [0, 0.05) is 6.04 Å². The van der Waals surface area contributed by atoms with Gasteiger partial charge in [-0.05, 0) is 38.6 Å². The van der Waals surface area contributed by atoms with Crippen LogP contribution in [0.15, 0.2) is 0 Å². The highest BCUT2D eigenvalue weighted by Gasteiger charge is 2.14. The van der Waals surface area contributed by atoms with Crippen LogP contribution in [0.1, 0.15) is 65.2 Å². The van der Waals surface area contributed by atoms with Crippen LogP contribution < -0.4 is 5.32 Å². The van der Waals surface area contributed by atoms with E-state index in [2.05, 4.69) is 19.2 Å². The van der Waals surface area contributed by atoms with E-state index in [1.54, 1.807) is 0 Å². The minimum Gasteiger partial charge on any atom is -0.314 e. The van der Waals surface area contributed by atoms with Crippen molar-refractivity contribution in [2.24, 2.45) is 5.92 Å². The van der Waals surface area contributed by atoms with Crippen molar-refractivity contribution in [1.82, 2.24) is 5.32 Å². The summed E-state index contributed by atoms with van der Waals surface area (Å²) in [5, 5.41) is 3.58. The molecule has 1 aliphatic heterocycles. The molecule has 1 aliphatic rings. The lowest BCUT2D eigenvalue weighted by Gasteiger charge is -2.12. The third-order valence-corrected chi connectivity index (χ3v) is 3.52. The zero-order chi connectivity index (χ0) is 10.2. The maximum atomic E-state index is 3.58. The monoisotopic (exact) mass is 197 g/mol. The minimum absolute atomic E-state index is 0.760. The molecule has 1 rings (SSSR count). The molecule has 0 aromatic rings.